The molecule has 9 rings (SSSR count). The fraction of sp³-hybridized carbons (Fsp3) is 0.163. The summed E-state index contributed by atoms with van der Waals surface area (Å²) in [7, 11) is 0. The second kappa shape index (κ2) is 11.5. The van der Waals surface area contributed by atoms with Gasteiger partial charge in [-0.25, -0.2) is 0 Å². The van der Waals surface area contributed by atoms with Crippen molar-refractivity contribution in [1.82, 2.24) is 4.57 Å². The van der Waals surface area contributed by atoms with E-state index in [9.17, 15) is 13.2 Å². The van der Waals surface area contributed by atoms with Crippen molar-refractivity contribution in [2.75, 3.05) is 31.2 Å². The highest BCUT2D eigenvalue weighted by molar-refractivity contribution is 6.25. The molecular weight excluding hydrogens is 633 g/mol. The molecule has 2 aliphatic heterocycles. The van der Waals surface area contributed by atoms with Crippen LogP contribution in [0.3, 0.4) is 0 Å². The number of alkyl halides is 3. The van der Waals surface area contributed by atoms with Crippen molar-refractivity contribution in [2.45, 2.75) is 18.7 Å². The van der Waals surface area contributed by atoms with Gasteiger partial charge in [-0.2, -0.15) is 13.2 Å². The van der Waals surface area contributed by atoms with Gasteiger partial charge in [-0.1, -0.05) is 84.9 Å². The van der Waals surface area contributed by atoms with E-state index in [4.69, 9.17) is 9.47 Å². The number of hydrogen-bond donors (Lipinski definition) is 0. The molecule has 6 aromatic carbocycles. The first kappa shape index (κ1) is 30.5. The molecule has 7 heteroatoms. The highest BCUT2D eigenvalue weighted by Crippen LogP contribution is 2.51. The van der Waals surface area contributed by atoms with E-state index in [0.29, 0.717) is 30.2 Å². The lowest BCUT2D eigenvalue weighted by Gasteiger charge is -2.37. The maximum Gasteiger partial charge on any atom is 0.416 e. The molecule has 1 fully saturated rings. The minimum Gasteiger partial charge on any atom is -0.472 e. The molecule has 2 aliphatic rings. The van der Waals surface area contributed by atoms with Crippen molar-refractivity contribution in [3.8, 4) is 11.4 Å². The molecule has 0 amide bonds. The van der Waals surface area contributed by atoms with Crippen molar-refractivity contribution < 1.29 is 22.6 Å². The van der Waals surface area contributed by atoms with Gasteiger partial charge in [0.25, 0.3) is 0 Å². The first-order chi connectivity index (χ1) is 24.3. The molecule has 4 nitrogen and oxygen atoms in total. The van der Waals surface area contributed by atoms with Gasteiger partial charge in [-0.05, 0) is 66.4 Å². The number of fused-ring (bicyclic) bond motifs is 8. The maximum atomic E-state index is 14.2. The van der Waals surface area contributed by atoms with Crippen LogP contribution in [-0.2, 0) is 16.5 Å². The topological polar surface area (TPSA) is 26.6 Å². The van der Waals surface area contributed by atoms with E-state index in [1.807, 2.05) is 65.2 Å². The summed E-state index contributed by atoms with van der Waals surface area (Å²) in [5, 5.41) is 3.84. The second-order valence-electron chi connectivity index (χ2n) is 13.1. The highest BCUT2D eigenvalue weighted by Gasteiger charge is 2.39. The maximum absolute atomic E-state index is 14.2. The standard InChI is InChI=1S/C43H33F3N2O2/c1-28-25-31(43(44,45)46)27-33(26-28)48-38-14-8-7-13-36(38)39-34-11-5-6-12-35(34)41-37(40(39)48)19-20-42(50-41,29-9-3-2-4-10-29)30-15-17-32(18-16-30)47-21-23-49-24-22-47/h2-20,25-27H,21-24H2,1H3. The Hall–Kier alpha value is -5.53. The Bertz CT molecular complexity index is 2440. The number of rotatable bonds is 4. The summed E-state index contributed by atoms with van der Waals surface area (Å²) < 4.78 is 57.5. The summed E-state index contributed by atoms with van der Waals surface area (Å²) in [6, 6.07) is 39.1. The number of ether oxygens (including phenoxy) is 2. The van der Waals surface area contributed by atoms with Crippen LogP contribution in [0.15, 0.2) is 127 Å². The van der Waals surface area contributed by atoms with Crippen molar-refractivity contribution in [3.05, 3.63) is 155 Å². The van der Waals surface area contributed by atoms with Gasteiger partial charge in [0, 0.05) is 57.3 Å². The molecule has 50 heavy (non-hydrogen) atoms. The van der Waals surface area contributed by atoms with Gasteiger partial charge in [0.15, 0.2) is 5.60 Å². The lowest BCUT2D eigenvalue weighted by Crippen LogP contribution is -2.36. The quantitative estimate of drug-likeness (QED) is 0.187. The van der Waals surface area contributed by atoms with E-state index in [2.05, 4.69) is 65.6 Å². The fourth-order valence-electron chi connectivity index (χ4n) is 7.81. The lowest BCUT2D eigenvalue weighted by molar-refractivity contribution is -0.137. The molecule has 1 unspecified atom stereocenters. The molecule has 0 N–H and O–H groups in total. The van der Waals surface area contributed by atoms with Crippen LogP contribution in [0.25, 0.3) is 44.3 Å². The lowest BCUT2D eigenvalue weighted by atomic mass is 9.82. The van der Waals surface area contributed by atoms with Crippen molar-refractivity contribution in [1.29, 1.82) is 0 Å². The average Bonchev–Trinajstić information content (AvgIpc) is 3.50. The second-order valence-corrected chi connectivity index (χ2v) is 13.1. The summed E-state index contributed by atoms with van der Waals surface area (Å²) in [6.45, 7) is 4.80. The molecule has 0 saturated carbocycles. The molecule has 248 valence electrons. The number of anilines is 1. The molecular formula is C43H33F3N2O2. The molecule has 1 atom stereocenters. The SMILES string of the molecule is Cc1cc(-n2c3ccccc3c3c4ccccc4c4c(c32)C=CC(c2ccccc2)(c2ccc(N3CCOCC3)cc2)O4)cc(C(F)(F)F)c1. The minimum atomic E-state index is -4.48. The third kappa shape index (κ3) is 4.79. The summed E-state index contributed by atoms with van der Waals surface area (Å²) >= 11 is 0. The van der Waals surface area contributed by atoms with Gasteiger partial charge in [0.1, 0.15) is 5.75 Å². The third-order valence-electron chi connectivity index (χ3n) is 10.1. The number of hydrogen-bond acceptors (Lipinski definition) is 3. The highest BCUT2D eigenvalue weighted by atomic mass is 19.4. The van der Waals surface area contributed by atoms with Crippen LogP contribution < -0.4 is 9.64 Å². The number of para-hydroxylation sites is 1. The fourth-order valence-corrected chi connectivity index (χ4v) is 7.81. The van der Waals surface area contributed by atoms with Gasteiger partial charge in [0.05, 0.1) is 29.8 Å². The zero-order chi connectivity index (χ0) is 34.0. The van der Waals surface area contributed by atoms with Crippen molar-refractivity contribution in [2.24, 2.45) is 0 Å². The number of morpholine rings is 1. The average molecular weight is 667 g/mol. The molecule has 3 heterocycles. The zero-order valence-corrected chi connectivity index (χ0v) is 27.4. The molecule has 7 aromatic rings. The molecule has 0 bridgehead atoms. The summed E-state index contributed by atoms with van der Waals surface area (Å²) in [5.41, 5.74) is 4.88. The van der Waals surface area contributed by atoms with E-state index in [-0.39, 0.29) is 0 Å². The normalized spacial score (nSPS) is 17.7. The number of benzene rings is 6. The summed E-state index contributed by atoms with van der Waals surface area (Å²) in [6.07, 6.45) is -0.282. The number of aromatic nitrogens is 1. The largest absolute Gasteiger partial charge is 0.472 e. The Morgan fingerprint density at radius 1 is 0.680 bits per heavy atom. The summed E-state index contributed by atoms with van der Waals surface area (Å²) in [5.74, 6) is 0.685. The predicted molar refractivity (Wildman–Crippen MR) is 194 cm³/mol. The van der Waals surface area contributed by atoms with Gasteiger partial charge in [-0.3, -0.25) is 0 Å². The Morgan fingerprint density at radius 2 is 1.34 bits per heavy atom. The first-order valence-electron chi connectivity index (χ1n) is 16.9. The van der Waals surface area contributed by atoms with E-state index in [1.54, 1.807) is 6.92 Å². The van der Waals surface area contributed by atoms with E-state index < -0.39 is 17.3 Å². The summed E-state index contributed by atoms with van der Waals surface area (Å²) in [4.78, 5) is 2.33. The van der Waals surface area contributed by atoms with Crippen molar-refractivity contribution in [3.63, 3.8) is 0 Å². The van der Waals surface area contributed by atoms with Gasteiger partial charge in [-0.15, -0.1) is 0 Å². The van der Waals surface area contributed by atoms with E-state index in [1.165, 1.54) is 12.1 Å². The molecule has 0 aliphatic carbocycles. The molecule has 0 radical (unpaired) electrons. The van der Waals surface area contributed by atoms with Crippen LogP contribution >= 0.6 is 0 Å². The first-order valence-corrected chi connectivity index (χ1v) is 16.9. The van der Waals surface area contributed by atoms with Gasteiger partial charge in [0.2, 0.25) is 0 Å². The van der Waals surface area contributed by atoms with E-state index >= 15 is 0 Å². The van der Waals surface area contributed by atoms with Crippen LogP contribution in [0.4, 0.5) is 18.9 Å². The van der Waals surface area contributed by atoms with Crippen LogP contribution in [-0.4, -0.2) is 30.9 Å². The van der Waals surface area contributed by atoms with Crippen LogP contribution in [0.5, 0.6) is 5.75 Å². The number of aryl methyl sites for hydroxylation is 1. The van der Waals surface area contributed by atoms with Crippen molar-refractivity contribution >= 4 is 44.3 Å². The predicted octanol–water partition coefficient (Wildman–Crippen LogP) is 10.5. The van der Waals surface area contributed by atoms with Gasteiger partial charge >= 0.3 is 6.18 Å². The Labute approximate surface area is 287 Å². The minimum absolute atomic E-state index is 0.452. The van der Waals surface area contributed by atoms with Crippen LogP contribution in [0.2, 0.25) is 0 Å². The number of nitrogens with zero attached hydrogens (tertiary/aromatic N) is 2. The van der Waals surface area contributed by atoms with Crippen LogP contribution in [0.1, 0.15) is 27.8 Å². The third-order valence-corrected chi connectivity index (χ3v) is 10.1. The smallest absolute Gasteiger partial charge is 0.416 e. The number of halogens is 3. The Balaban J connectivity index is 1.33. The monoisotopic (exact) mass is 666 g/mol. The van der Waals surface area contributed by atoms with Crippen LogP contribution in [0, 0.1) is 6.92 Å². The molecule has 0 spiro atoms. The molecule has 1 saturated heterocycles. The Morgan fingerprint density at radius 3 is 2.08 bits per heavy atom. The Kier molecular flexibility index (Phi) is 7.04. The zero-order valence-electron chi connectivity index (χ0n) is 27.4. The van der Waals surface area contributed by atoms with E-state index in [0.717, 1.165) is 68.0 Å². The van der Waals surface area contributed by atoms with Gasteiger partial charge < -0.3 is 18.9 Å². The molecule has 1 aromatic heterocycles.